The van der Waals surface area contributed by atoms with Crippen LogP contribution in [0.1, 0.15) is 13.8 Å². The molecule has 0 saturated carbocycles. The molecule has 12 heavy (non-hydrogen) atoms. The second-order valence-electron chi connectivity index (χ2n) is 2.16. The summed E-state index contributed by atoms with van der Waals surface area (Å²) in [6.07, 6.45) is 9.57. The summed E-state index contributed by atoms with van der Waals surface area (Å²) in [5.41, 5.74) is 0.944. The average Bonchev–Trinajstić information content (AvgIpc) is 2.05. The first-order chi connectivity index (χ1) is 5.74. The zero-order valence-corrected chi connectivity index (χ0v) is 8.69. The molecule has 0 fully saturated rings. The van der Waals surface area contributed by atoms with Crippen molar-refractivity contribution in [1.82, 2.24) is 0 Å². The maximum absolute atomic E-state index is 4.36. The van der Waals surface area contributed by atoms with Crippen LogP contribution in [0.15, 0.2) is 41.6 Å². The Bertz CT molecular complexity index is 224. The molecule has 66 valence electrons. The van der Waals surface area contributed by atoms with Crippen LogP contribution in [-0.4, -0.2) is 11.3 Å². The Labute approximate surface area is 79.0 Å². The second kappa shape index (κ2) is 6.92. The third-order valence-electron chi connectivity index (χ3n) is 1.21. The maximum atomic E-state index is 4.36. The third-order valence-corrected chi connectivity index (χ3v) is 1.89. The van der Waals surface area contributed by atoms with Crippen molar-refractivity contribution in [2.75, 3.05) is 6.26 Å². The van der Waals surface area contributed by atoms with Gasteiger partial charge in [0.25, 0.3) is 0 Å². The van der Waals surface area contributed by atoms with E-state index in [1.807, 2.05) is 38.3 Å². The van der Waals surface area contributed by atoms with E-state index < -0.39 is 0 Å². The number of thioether (sulfide) groups is 1. The largest absolute Gasteiger partial charge is 0.247 e. The van der Waals surface area contributed by atoms with Crippen LogP contribution < -0.4 is 0 Å². The van der Waals surface area contributed by atoms with Crippen molar-refractivity contribution in [2.45, 2.75) is 13.8 Å². The monoisotopic (exact) mass is 181 g/mol. The molecule has 0 aromatic carbocycles. The van der Waals surface area contributed by atoms with Gasteiger partial charge in [0.1, 0.15) is 0 Å². The van der Waals surface area contributed by atoms with Crippen LogP contribution >= 0.6 is 11.8 Å². The maximum Gasteiger partial charge on any atom is 0.0704 e. The van der Waals surface area contributed by atoms with Gasteiger partial charge in [-0.1, -0.05) is 18.7 Å². The minimum atomic E-state index is 0.944. The molecule has 0 amide bonds. The van der Waals surface area contributed by atoms with Gasteiger partial charge in [0.2, 0.25) is 0 Å². The summed E-state index contributed by atoms with van der Waals surface area (Å²) in [6, 6.07) is 0. The summed E-state index contributed by atoms with van der Waals surface area (Å²) in [5, 5.41) is 1.06. The summed E-state index contributed by atoms with van der Waals surface area (Å²) in [6.45, 7) is 7.59. The molecule has 0 aliphatic rings. The zero-order valence-electron chi connectivity index (χ0n) is 7.87. The average molecular weight is 181 g/mol. The zero-order chi connectivity index (χ0) is 9.40. The van der Waals surface area contributed by atoms with Crippen molar-refractivity contribution in [2.24, 2.45) is 4.99 Å². The van der Waals surface area contributed by atoms with E-state index in [1.165, 1.54) is 0 Å². The first-order valence-electron chi connectivity index (χ1n) is 3.79. The Kier molecular flexibility index (Phi) is 6.48. The van der Waals surface area contributed by atoms with E-state index in [0.717, 1.165) is 10.7 Å². The number of aliphatic imine (C=N–C) groups is 1. The summed E-state index contributed by atoms with van der Waals surface area (Å²) >= 11 is 1.65. The van der Waals surface area contributed by atoms with Gasteiger partial charge in [-0.3, -0.25) is 0 Å². The molecule has 0 aliphatic carbocycles. The van der Waals surface area contributed by atoms with E-state index in [9.17, 15) is 0 Å². The first kappa shape index (κ1) is 11.2. The molecule has 0 aromatic rings. The number of rotatable bonds is 3. The lowest BCUT2D eigenvalue weighted by Crippen LogP contribution is -1.82. The molecule has 0 rings (SSSR count). The smallest absolute Gasteiger partial charge is 0.0704 e. The molecule has 2 heteroatoms. The second-order valence-corrected chi connectivity index (χ2v) is 3.16. The summed E-state index contributed by atoms with van der Waals surface area (Å²) < 4.78 is 0. The molecule has 0 spiro atoms. The van der Waals surface area contributed by atoms with Crippen molar-refractivity contribution >= 4 is 16.8 Å². The molecule has 0 N–H and O–H groups in total. The van der Waals surface area contributed by atoms with E-state index in [2.05, 4.69) is 11.6 Å². The van der Waals surface area contributed by atoms with Gasteiger partial charge in [0, 0.05) is 0 Å². The van der Waals surface area contributed by atoms with Crippen LogP contribution in [0.5, 0.6) is 0 Å². The van der Waals surface area contributed by atoms with E-state index >= 15 is 0 Å². The Hall–Kier alpha value is -0.760. The highest BCUT2D eigenvalue weighted by molar-refractivity contribution is 8.13. The van der Waals surface area contributed by atoms with E-state index in [1.54, 1.807) is 17.8 Å². The van der Waals surface area contributed by atoms with Crippen LogP contribution in [0, 0.1) is 0 Å². The Balaban J connectivity index is 4.53. The van der Waals surface area contributed by atoms with Gasteiger partial charge < -0.3 is 0 Å². The van der Waals surface area contributed by atoms with Gasteiger partial charge in [-0.15, -0.1) is 11.8 Å². The first-order valence-corrected chi connectivity index (χ1v) is 5.01. The highest BCUT2D eigenvalue weighted by Crippen LogP contribution is 2.05. The number of hydrogen-bond acceptors (Lipinski definition) is 2. The predicted molar refractivity (Wildman–Crippen MR) is 59.7 cm³/mol. The van der Waals surface area contributed by atoms with E-state index in [4.69, 9.17) is 0 Å². The third kappa shape index (κ3) is 4.97. The Morgan fingerprint density at radius 3 is 2.58 bits per heavy atom. The van der Waals surface area contributed by atoms with Crippen LogP contribution in [0.4, 0.5) is 0 Å². The quantitative estimate of drug-likeness (QED) is 0.369. The Morgan fingerprint density at radius 1 is 1.50 bits per heavy atom. The van der Waals surface area contributed by atoms with Crippen LogP contribution in [0.2, 0.25) is 0 Å². The Morgan fingerprint density at radius 2 is 2.17 bits per heavy atom. The lowest BCUT2D eigenvalue weighted by Gasteiger charge is -1.95. The summed E-state index contributed by atoms with van der Waals surface area (Å²) in [5.74, 6) is 0. The normalized spacial score (nSPS) is 13.9. The molecule has 0 unspecified atom stereocenters. The van der Waals surface area contributed by atoms with Gasteiger partial charge in [0.05, 0.1) is 10.7 Å². The minimum absolute atomic E-state index is 0.944. The molecular formula is C10H15NS. The van der Waals surface area contributed by atoms with E-state index in [0.29, 0.717) is 0 Å². The summed E-state index contributed by atoms with van der Waals surface area (Å²) in [7, 11) is 0. The van der Waals surface area contributed by atoms with Crippen molar-refractivity contribution in [3.8, 4) is 0 Å². The number of nitrogens with zero attached hydrogens (tertiary/aromatic N) is 1. The van der Waals surface area contributed by atoms with Gasteiger partial charge in [-0.05, 0) is 32.3 Å². The lowest BCUT2D eigenvalue weighted by molar-refractivity contribution is 1.40. The van der Waals surface area contributed by atoms with Crippen molar-refractivity contribution in [3.05, 3.63) is 36.6 Å². The molecular weight excluding hydrogens is 166 g/mol. The highest BCUT2D eigenvalue weighted by Gasteiger charge is 1.88. The fourth-order valence-corrected chi connectivity index (χ4v) is 0.846. The number of hydrogen-bond donors (Lipinski definition) is 0. The molecule has 0 aliphatic heterocycles. The molecule has 1 nitrogen and oxygen atoms in total. The molecule has 0 radical (unpaired) electrons. The minimum Gasteiger partial charge on any atom is -0.247 e. The number of allylic oxidation sites excluding steroid dienone is 4. The SMILES string of the molecule is C=C/C=C(\C=C/C)N=C(C)SC. The van der Waals surface area contributed by atoms with Crippen LogP contribution in [0.3, 0.4) is 0 Å². The fraction of sp³-hybridized carbons (Fsp3) is 0.300. The van der Waals surface area contributed by atoms with Crippen molar-refractivity contribution in [3.63, 3.8) is 0 Å². The summed E-state index contributed by atoms with van der Waals surface area (Å²) in [4.78, 5) is 4.36. The molecule has 0 atom stereocenters. The van der Waals surface area contributed by atoms with Gasteiger partial charge >= 0.3 is 0 Å². The molecule has 0 aromatic heterocycles. The van der Waals surface area contributed by atoms with Gasteiger partial charge in [-0.2, -0.15) is 0 Å². The molecule has 0 bridgehead atoms. The van der Waals surface area contributed by atoms with Crippen molar-refractivity contribution in [1.29, 1.82) is 0 Å². The van der Waals surface area contributed by atoms with Gasteiger partial charge in [-0.25, -0.2) is 4.99 Å². The highest BCUT2D eigenvalue weighted by atomic mass is 32.2. The van der Waals surface area contributed by atoms with Crippen molar-refractivity contribution < 1.29 is 0 Å². The molecule has 0 saturated heterocycles. The lowest BCUT2D eigenvalue weighted by atomic mass is 10.3. The van der Waals surface area contributed by atoms with Gasteiger partial charge in [0.15, 0.2) is 0 Å². The van der Waals surface area contributed by atoms with Crippen LogP contribution in [-0.2, 0) is 0 Å². The fourth-order valence-electron chi connectivity index (χ4n) is 0.649. The standard InChI is InChI=1S/C10H15NS/c1-5-7-10(8-6-2)11-9(3)12-4/h5-8H,1H2,2-4H3/b8-6-,10-7+,11-9?. The van der Waals surface area contributed by atoms with Crippen LogP contribution in [0.25, 0.3) is 0 Å². The topological polar surface area (TPSA) is 12.4 Å². The molecule has 0 heterocycles. The predicted octanol–water partition coefficient (Wildman–Crippen LogP) is 3.41. The van der Waals surface area contributed by atoms with E-state index in [-0.39, 0.29) is 0 Å².